The van der Waals surface area contributed by atoms with Gasteiger partial charge in [-0.1, -0.05) is 128 Å². The molecule has 9 heteroatoms. The largest absolute Gasteiger partial charge is 0.472 e. The van der Waals surface area contributed by atoms with Gasteiger partial charge in [-0.2, -0.15) is 0 Å². The minimum atomic E-state index is -4.27. The number of phosphoric ester groups is 1. The van der Waals surface area contributed by atoms with Gasteiger partial charge in [-0.3, -0.25) is 13.8 Å². The molecule has 2 unspecified atom stereocenters. The molecule has 0 aromatic heterocycles. The minimum Gasteiger partial charge on any atom is -0.457 e. The first-order valence-corrected chi connectivity index (χ1v) is 21.6. The lowest BCUT2D eigenvalue weighted by Crippen LogP contribution is -2.37. The standard InChI is InChI=1S/C40H78NO7P/c1-6-8-10-12-14-16-18-19-20-21-22-23-25-27-29-31-33-40(42)48-39(38-47-49(43,44)46-36-34-41(3,4)5)37-45-35-32-30-28-26-24-17-15-13-11-9-7-2/h11,13,20-21,39H,6-10,12,14-19,22-38H2,1-5H3/p+1/b13-11-,21-20-. The molecular weight excluding hydrogens is 637 g/mol. The summed E-state index contributed by atoms with van der Waals surface area (Å²) in [6.45, 7) is 5.54. The second-order valence-corrected chi connectivity index (χ2v) is 16.1. The summed E-state index contributed by atoms with van der Waals surface area (Å²) in [5, 5.41) is 0. The van der Waals surface area contributed by atoms with E-state index >= 15 is 0 Å². The van der Waals surface area contributed by atoms with Crippen molar-refractivity contribution >= 4 is 13.8 Å². The molecule has 0 aliphatic heterocycles. The summed E-state index contributed by atoms with van der Waals surface area (Å²) in [4.78, 5) is 22.8. The molecular formula is C40H79NO7P+. The number of likely N-dealkylation sites (N-methyl/N-ethyl adjacent to an activating group) is 1. The van der Waals surface area contributed by atoms with Gasteiger partial charge in [0.25, 0.3) is 0 Å². The van der Waals surface area contributed by atoms with E-state index in [0.29, 0.717) is 24.1 Å². The third kappa shape index (κ3) is 38.1. The number of quaternary nitrogens is 1. The van der Waals surface area contributed by atoms with E-state index in [1.54, 1.807) is 0 Å². The van der Waals surface area contributed by atoms with Crippen LogP contribution in [-0.2, 0) is 27.9 Å². The summed E-state index contributed by atoms with van der Waals surface area (Å²) >= 11 is 0. The molecule has 0 saturated carbocycles. The predicted molar refractivity (Wildman–Crippen MR) is 206 cm³/mol. The van der Waals surface area contributed by atoms with Gasteiger partial charge in [0.1, 0.15) is 19.3 Å². The van der Waals surface area contributed by atoms with Crippen LogP contribution in [0.15, 0.2) is 24.3 Å². The molecule has 0 spiro atoms. The molecule has 290 valence electrons. The molecule has 0 fully saturated rings. The van der Waals surface area contributed by atoms with E-state index < -0.39 is 13.9 Å². The molecule has 0 radical (unpaired) electrons. The number of hydrogen-bond donors (Lipinski definition) is 1. The summed E-state index contributed by atoms with van der Waals surface area (Å²) in [5.41, 5.74) is 0. The van der Waals surface area contributed by atoms with Crippen LogP contribution >= 0.6 is 7.82 Å². The minimum absolute atomic E-state index is 0.0866. The number of allylic oxidation sites excluding steroid dienone is 4. The Morgan fingerprint density at radius 1 is 0.612 bits per heavy atom. The van der Waals surface area contributed by atoms with E-state index in [1.807, 2.05) is 21.1 Å². The van der Waals surface area contributed by atoms with Crippen molar-refractivity contribution in [3.8, 4) is 0 Å². The maximum Gasteiger partial charge on any atom is 0.472 e. The van der Waals surface area contributed by atoms with E-state index in [4.69, 9.17) is 18.5 Å². The highest BCUT2D eigenvalue weighted by molar-refractivity contribution is 7.47. The normalized spacial score (nSPS) is 14.2. The number of hydrogen-bond acceptors (Lipinski definition) is 6. The van der Waals surface area contributed by atoms with E-state index in [1.165, 1.54) is 103 Å². The lowest BCUT2D eigenvalue weighted by atomic mass is 10.1. The zero-order valence-electron chi connectivity index (χ0n) is 32.7. The van der Waals surface area contributed by atoms with Crippen LogP contribution in [0.25, 0.3) is 0 Å². The summed E-state index contributed by atoms with van der Waals surface area (Å²) in [6.07, 6.45) is 36.3. The Kier molecular flexibility index (Phi) is 33.4. The summed E-state index contributed by atoms with van der Waals surface area (Å²) in [5.74, 6) is -0.325. The van der Waals surface area contributed by atoms with Crippen molar-refractivity contribution in [3.63, 3.8) is 0 Å². The first-order valence-electron chi connectivity index (χ1n) is 20.1. The van der Waals surface area contributed by atoms with Crippen LogP contribution in [0.5, 0.6) is 0 Å². The first kappa shape index (κ1) is 48.0. The fourth-order valence-electron chi connectivity index (χ4n) is 5.31. The summed E-state index contributed by atoms with van der Waals surface area (Å²) < 4.78 is 34.8. The van der Waals surface area contributed by atoms with Crippen molar-refractivity contribution < 1.29 is 37.3 Å². The van der Waals surface area contributed by atoms with Crippen molar-refractivity contribution in [1.82, 2.24) is 0 Å². The number of carbonyl (C=O) groups excluding carboxylic acids is 1. The number of phosphoric acid groups is 1. The zero-order valence-corrected chi connectivity index (χ0v) is 33.6. The van der Waals surface area contributed by atoms with Crippen molar-refractivity contribution in [2.24, 2.45) is 0 Å². The topological polar surface area (TPSA) is 91.3 Å². The maximum absolute atomic E-state index is 12.6. The Labute approximate surface area is 303 Å². The smallest absolute Gasteiger partial charge is 0.457 e. The molecule has 0 aliphatic carbocycles. The Morgan fingerprint density at radius 3 is 1.63 bits per heavy atom. The second kappa shape index (κ2) is 34.1. The van der Waals surface area contributed by atoms with Crippen molar-refractivity contribution in [3.05, 3.63) is 24.3 Å². The van der Waals surface area contributed by atoms with Crippen LogP contribution in [0.2, 0.25) is 0 Å². The Hall–Kier alpha value is -1.02. The number of esters is 1. The van der Waals surface area contributed by atoms with Crippen molar-refractivity contribution in [2.45, 2.75) is 174 Å². The monoisotopic (exact) mass is 717 g/mol. The Balaban J connectivity index is 4.28. The van der Waals surface area contributed by atoms with Crippen LogP contribution in [0.4, 0.5) is 0 Å². The van der Waals surface area contributed by atoms with E-state index in [9.17, 15) is 14.3 Å². The average Bonchev–Trinajstić information content (AvgIpc) is 3.04. The van der Waals surface area contributed by atoms with Gasteiger partial charge in [-0.15, -0.1) is 0 Å². The van der Waals surface area contributed by atoms with Crippen LogP contribution in [0.3, 0.4) is 0 Å². The fourth-order valence-corrected chi connectivity index (χ4v) is 6.05. The predicted octanol–water partition coefficient (Wildman–Crippen LogP) is 11.3. The van der Waals surface area contributed by atoms with Gasteiger partial charge in [-0.05, 0) is 57.8 Å². The quantitative estimate of drug-likeness (QED) is 0.0225. The molecule has 0 aromatic rings. The highest BCUT2D eigenvalue weighted by atomic mass is 31.2. The Bertz CT molecular complexity index is 843. The van der Waals surface area contributed by atoms with E-state index in [0.717, 1.165) is 44.9 Å². The summed E-state index contributed by atoms with van der Waals surface area (Å²) in [7, 11) is 1.66. The van der Waals surface area contributed by atoms with Gasteiger partial charge in [0.05, 0.1) is 34.4 Å². The molecule has 0 aromatic carbocycles. The molecule has 0 heterocycles. The molecule has 0 bridgehead atoms. The van der Waals surface area contributed by atoms with Crippen LogP contribution in [-0.4, -0.2) is 75.6 Å². The molecule has 0 aliphatic rings. The molecule has 8 nitrogen and oxygen atoms in total. The number of rotatable bonds is 37. The van der Waals surface area contributed by atoms with Crippen molar-refractivity contribution in [1.29, 1.82) is 0 Å². The van der Waals surface area contributed by atoms with Gasteiger partial charge < -0.3 is 18.9 Å². The van der Waals surface area contributed by atoms with Gasteiger partial charge in [0.2, 0.25) is 0 Å². The number of ether oxygens (including phenoxy) is 2. The number of unbranched alkanes of at least 4 members (excludes halogenated alkanes) is 19. The lowest BCUT2D eigenvalue weighted by Gasteiger charge is -2.24. The average molecular weight is 717 g/mol. The van der Waals surface area contributed by atoms with Gasteiger partial charge >= 0.3 is 13.8 Å². The van der Waals surface area contributed by atoms with E-state index in [2.05, 4.69) is 38.2 Å². The van der Waals surface area contributed by atoms with Gasteiger partial charge in [-0.25, -0.2) is 4.57 Å². The van der Waals surface area contributed by atoms with Crippen molar-refractivity contribution in [2.75, 3.05) is 54.1 Å². The zero-order chi connectivity index (χ0) is 36.3. The van der Waals surface area contributed by atoms with E-state index in [-0.39, 0.29) is 25.8 Å². The molecule has 0 rings (SSSR count). The number of nitrogens with zero attached hydrogens (tertiary/aromatic N) is 1. The first-order chi connectivity index (χ1) is 23.6. The molecule has 2 atom stereocenters. The molecule has 0 amide bonds. The lowest BCUT2D eigenvalue weighted by molar-refractivity contribution is -0.870. The summed E-state index contributed by atoms with van der Waals surface area (Å²) in [6, 6.07) is 0. The van der Waals surface area contributed by atoms with Crippen LogP contribution in [0.1, 0.15) is 168 Å². The molecule has 0 saturated heterocycles. The van der Waals surface area contributed by atoms with Gasteiger partial charge in [0.15, 0.2) is 0 Å². The third-order valence-electron chi connectivity index (χ3n) is 8.47. The number of carbonyl (C=O) groups is 1. The highest BCUT2D eigenvalue weighted by Crippen LogP contribution is 2.43. The molecule has 49 heavy (non-hydrogen) atoms. The van der Waals surface area contributed by atoms with Crippen LogP contribution < -0.4 is 0 Å². The van der Waals surface area contributed by atoms with Gasteiger partial charge in [0, 0.05) is 13.0 Å². The second-order valence-electron chi connectivity index (χ2n) is 14.7. The highest BCUT2D eigenvalue weighted by Gasteiger charge is 2.26. The Morgan fingerprint density at radius 2 is 1.10 bits per heavy atom. The SMILES string of the molecule is CCC/C=C\CCCCCCCCOCC(COP(=O)(O)OCC[N+](C)(C)C)OC(=O)CCCCCCC/C=C\CCCCCCCCC. The fraction of sp³-hybridized carbons (Fsp3) is 0.875. The molecule has 1 N–H and O–H groups in total. The maximum atomic E-state index is 12.6. The third-order valence-corrected chi connectivity index (χ3v) is 9.45. The van der Waals surface area contributed by atoms with Crippen LogP contribution in [0, 0.1) is 0 Å².